The Hall–Kier alpha value is -0.633. The molecule has 0 bridgehead atoms. The molecule has 1 amide bonds. The van der Waals surface area contributed by atoms with Gasteiger partial charge in [0, 0.05) is 35.6 Å². The molecule has 6 nitrogen and oxygen atoms in total. The Balaban J connectivity index is 5.98. The lowest BCUT2D eigenvalue weighted by molar-refractivity contribution is -0.357. The molecule has 0 fully saturated rings. The van der Waals surface area contributed by atoms with Gasteiger partial charge in [0.2, 0.25) is 0 Å². The van der Waals surface area contributed by atoms with Crippen molar-refractivity contribution in [2.75, 3.05) is 19.8 Å². The molecule has 0 aromatic rings. The van der Waals surface area contributed by atoms with Gasteiger partial charge < -0.3 is 19.3 Å². The maximum Gasteiger partial charge on any atom is 0.412 e. The summed E-state index contributed by atoms with van der Waals surface area (Å²) in [5, 5.41) is 9.73. The van der Waals surface area contributed by atoms with Gasteiger partial charge in [-0.15, -0.1) is 0 Å². The fourth-order valence-electron chi connectivity index (χ4n) is 2.48. The molecule has 0 saturated heterocycles. The van der Waals surface area contributed by atoms with E-state index in [1.165, 1.54) is 4.90 Å². The molecule has 0 radical (unpaired) electrons. The van der Waals surface area contributed by atoms with Crippen molar-refractivity contribution in [3.05, 3.63) is 0 Å². The number of carboxylic acid groups (broad SMARTS) is 1. The Morgan fingerprint density at radius 3 is 1.86 bits per heavy atom. The van der Waals surface area contributed by atoms with E-state index in [0.717, 1.165) is 10.2 Å². The number of amides is 1. The van der Waals surface area contributed by atoms with Crippen LogP contribution in [-0.2, 0) is 14.2 Å². The highest BCUT2D eigenvalue weighted by Crippen LogP contribution is 2.34. The molecule has 0 aliphatic carbocycles. The van der Waals surface area contributed by atoms with Gasteiger partial charge in [0.1, 0.15) is 6.10 Å². The average Bonchev–Trinajstić information content (AvgIpc) is 2.33. The summed E-state index contributed by atoms with van der Waals surface area (Å²) in [4.78, 5) is 13.1. The van der Waals surface area contributed by atoms with Crippen LogP contribution in [0.1, 0.15) is 41.5 Å². The van der Waals surface area contributed by atoms with Crippen molar-refractivity contribution in [2.24, 2.45) is 0 Å². The van der Waals surface area contributed by atoms with Gasteiger partial charge >= 0.3 is 6.09 Å². The van der Waals surface area contributed by atoms with Crippen LogP contribution < -0.4 is 0 Å². The van der Waals surface area contributed by atoms with Gasteiger partial charge in [-0.1, -0.05) is 0 Å². The van der Waals surface area contributed by atoms with Crippen molar-refractivity contribution < 1.29 is 24.1 Å². The van der Waals surface area contributed by atoms with E-state index in [-0.39, 0.29) is 0 Å². The van der Waals surface area contributed by atoms with Crippen molar-refractivity contribution >= 4 is 16.3 Å². The molecule has 0 aliphatic rings. The third kappa shape index (κ3) is 4.95. The van der Waals surface area contributed by atoms with E-state index in [1.54, 1.807) is 0 Å². The topological polar surface area (TPSA) is 68.2 Å². The Kier molecular flexibility index (Phi) is 8.46. The highest BCUT2D eigenvalue weighted by Gasteiger charge is 2.53. The first-order chi connectivity index (χ1) is 9.71. The summed E-state index contributed by atoms with van der Waals surface area (Å²) in [5.74, 6) is -1.41. The quantitative estimate of drug-likeness (QED) is 0.517. The molecule has 1 atom stereocenters. The molecule has 7 heteroatoms. The maximum atomic E-state index is 11.9. The summed E-state index contributed by atoms with van der Waals surface area (Å²) < 4.78 is 17.5. The molecule has 0 spiro atoms. The Labute approximate surface area is 131 Å². The lowest BCUT2D eigenvalue weighted by Gasteiger charge is -2.50. The number of rotatable bonds is 9. The number of hydrogen-bond acceptors (Lipinski definition) is 4. The summed E-state index contributed by atoms with van der Waals surface area (Å²) in [6.45, 7) is 12.2. The Morgan fingerprint density at radius 1 is 1.14 bits per heavy atom. The van der Waals surface area contributed by atoms with Gasteiger partial charge in [-0.2, -0.15) is 0 Å². The minimum absolute atomic E-state index is 0.338. The molecule has 126 valence electrons. The minimum Gasteiger partial charge on any atom is -0.465 e. The Bertz CT molecular complexity index is 313. The molecular formula is C14H31NO5Si. The van der Waals surface area contributed by atoms with Crippen LogP contribution in [0.5, 0.6) is 0 Å². The third-order valence-electron chi connectivity index (χ3n) is 3.02. The zero-order valence-electron chi connectivity index (χ0n) is 14.4. The second kappa shape index (κ2) is 8.72. The van der Waals surface area contributed by atoms with E-state index in [4.69, 9.17) is 14.2 Å². The van der Waals surface area contributed by atoms with Crippen LogP contribution in [0.3, 0.4) is 0 Å². The summed E-state index contributed by atoms with van der Waals surface area (Å²) in [6.07, 6.45) is -1.52. The lowest BCUT2D eigenvalue weighted by atomic mass is 10.0. The van der Waals surface area contributed by atoms with Gasteiger partial charge in [0.05, 0.1) is 0 Å². The third-order valence-corrected chi connectivity index (χ3v) is 3.76. The average molecular weight is 321 g/mol. The first-order valence-electron chi connectivity index (χ1n) is 7.63. The SMILES string of the molecule is CCOC(C[SiH3])C(OCC)(OCC)N(C(=O)O)C(C)(C)C. The minimum atomic E-state index is -1.41. The van der Waals surface area contributed by atoms with Crippen LogP contribution >= 0.6 is 0 Å². The fraction of sp³-hybridized carbons (Fsp3) is 0.929. The van der Waals surface area contributed by atoms with E-state index in [0.29, 0.717) is 25.9 Å². The lowest BCUT2D eigenvalue weighted by Crippen LogP contribution is -2.68. The highest BCUT2D eigenvalue weighted by atomic mass is 28.1. The number of carbonyl (C=O) groups is 1. The number of nitrogens with zero attached hydrogens (tertiary/aromatic N) is 1. The largest absolute Gasteiger partial charge is 0.465 e. The molecule has 21 heavy (non-hydrogen) atoms. The first kappa shape index (κ1) is 20.4. The fourth-order valence-corrected chi connectivity index (χ4v) is 3.24. The van der Waals surface area contributed by atoms with Crippen LogP contribution in [-0.4, -0.2) is 63.7 Å². The zero-order chi connectivity index (χ0) is 16.7. The predicted molar refractivity (Wildman–Crippen MR) is 85.8 cm³/mol. The van der Waals surface area contributed by atoms with E-state index in [1.807, 2.05) is 41.5 Å². The summed E-state index contributed by atoms with van der Waals surface area (Å²) in [7, 11) is 0.855. The van der Waals surface area contributed by atoms with Crippen LogP contribution in [0.4, 0.5) is 4.79 Å². The van der Waals surface area contributed by atoms with Crippen LogP contribution in [0.15, 0.2) is 0 Å². The normalized spacial score (nSPS) is 14.2. The highest BCUT2D eigenvalue weighted by molar-refractivity contribution is 6.09. The van der Waals surface area contributed by atoms with Gasteiger partial charge in [-0.05, 0) is 47.6 Å². The van der Waals surface area contributed by atoms with Crippen LogP contribution in [0.2, 0.25) is 6.04 Å². The number of hydrogen-bond donors (Lipinski definition) is 1. The van der Waals surface area contributed by atoms with Crippen molar-refractivity contribution in [1.82, 2.24) is 4.90 Å². The van der Waals surface area contributed by atoms with Gasteiger partial charge in [-0.25, -0.2) is 9.69 Å². The van der Waals surface area contributed by atoms with Gasteiger partial charge in [0.15, 0.2) is 0 Å². The van der Waals surface area contributed by atoms with Gasteiger partial charge in [0.25, 0.3) is 5.91 Å². The number of ether oxygens (including phenoxy) is 3. The van der Waals surface area contributed by atoms with Crippen LogP contribution in [0, 0.1) is 0 Å². The van der Waals surface area contributed by atoms with Crippen molar-refractivity contribution in [1.29, 1.82) is 0 Å². The molecule has 0 heterocycles. The molecular weight excluding hydrogens is 290 g/mol. The molecule has 0 rings (SSSR count). The smallest absolute Gasteiger partial charge is 0.412 e. The monoisotopic (exact) mass is 321 g/mol. The standard InChI is InChI=1S/C14H31NO5Si/c1-7-18-11(10-21)14(19-8-2,20-9-3)15(12(16)17)13(4,5)6/h11H,7-10H2,1-6,21H3,(H,16,17). The summed E-state index contributed by atoms with van der Waals surface area (Å²) in [5.41, 5.74) is -0.678. The molecule has 0 aromatic carbocycles. The second-order valence-electron chi connectivity index (χ2n) is 5.64. The maximum absolute atomic E-state index is 11.9. The zero-order valence-corrected chi connectivity index (χ0v) is 16.4. The molecule has 1 unspecified atom stereocenters. The van der Waals surface area contributed by atoms with E-state index < -0.39 is 23.6 Å². The Morgan fingerprint density at radius 2 is 1.62 bits per heavy atom. The molecule has 0 aliphatic heterocycles. The van der Waals surface area contributed by atoms with Gasteiger partial charge in [-0.3, -0.25) is 0 Å². The molecule has 0 saturated carbocycles. The van der Waals surface area contributed by atoms with Crippen molar-refractivity contribution in [3.63, 3.8) is 0 Å². The second-order valence-corrected chi connectivity index (χ2v) is 6.45. The predicted octanol–water partition coefficient (Wildman–Crippen LogP) is 1.68. The molecule has 0 aromatic heterocycles. The van der Waals surface area contributed by atoms with E-state index in [9.17, 15) is 9.90 Å². The summed E-state index contributed by atoms with van der Waals surface area (Å²) in [6, 6.07) is 0.716. The van der Waals surface area contributed by atoms with E-state index in [2.05, 4.69) is 0 Å². The van der Waals surface area contributed by atoms with Crippen molar-refractivity contribution in [2.45, 2.75) is 65.1 Å². The van der Waals surface area contributed by atoms with E-state index >= 15 is 0 Å². The molecule has 1 N–H and O–H groups in total. The summed E-state index contributed by atoms with van der Waals surface area (Å²) >= 11 is 0. The first-order valence-corrected chi connectivity index (χ1v) is 9.05. The van der Waals surface area contributed by atoms with Crippen molar-refractivity contribution in [3.8, 4) is 0 Å². The van der Waals surface area contributed by atoms with Crippen LogP contribution in [0.25, 0.3) is 0 Å².